The van der Waals surface area contributed by atoms with Crippen LogP contribution in [0, 0.1) is 17.0 Å². The van der Waals surface area contributed by atoms with Crippen molar-refractivity contribution in [2.24, 2.45) is 5.10 Å². The van der Waals surface area contributed by atoms with Crippen LogP contribution in [0.2, 0.25) is 5.02 Å². The predicted octanol–water partition coefficient (Wildman–Crippen LogP) is 4.30. The lowest BCUT2D eigenvalue weighted by molar-refractivity contribution is -0.384. The monoisotopic (exact) mass is 530 g/mol. The number of hydrogen-bond donors (Lipinski definition) is 1. The number of nitro groups is 1. The van der Waals surface area contributed by atoms with Gasteiger partial charge in [-0.3, -0.25) is 19.2 Å². The Kier molecular flexibility index (Phi) is 8.28. The van der Waals surface area contributed by atoms with Crippen molar-refractivity contribution in [2.45, 2.75) is 18.7 Å². The lowest BCUT2D eigenvalue weighted by Crippen LogP contribution is -2.40. The predicted molar refractivity (Wildman–Crippen MR) is 137 cm³/mol. The van der Waals surface area contributed by atoms with Crippen LogP contribution in [-0.2, 0) is 14.8 Å². The first kappa shape index (κ1) is 26.6. The van der Waals surface area contributed by atoms with E-state index in [4.69, 9.17) is 16.3 Å². The van der Waals surface area contributed by atoms with Crippen molar-refractivity contribution in [1.29, 1.82) is 0 Å². The van der Waals surface area contributed by atoms with Crippen LogP contribution in [0.1, 0.15) is 18.1 Å². The summed E-state index contributed by atoms with van der Waals surface area (Å²) in [6, 6.07) is 16.3. The maximum Gasteiger partial charge on any atom is 0.269 e. The third-order valence-electron chi connectivity index (χ3n) is 5.15. The van der Waals surface area contributed by atoms with Crippen LogP contribution >= 0.6 is 11.6 Å². The van der Waals surface area contributed by atoms with Gasteiger partial charge in [0.05, 0.1) is 28.3 Å². The largest absolute Gasteiger partial charge is 0.495 e. The quantitative estimate of drug-likeness (QED) is 0.249. The normalized spacial score (nSPS) is 11.6. The molecule has 0 aliphatic heterocycles. The van der Waals surface area contributed by atoms with Gasteiger partial charge in [-0.05, 0) is 61.9 Å². The number of hydrogen-bond acceptors (Lipinski definition) is 7. The molecule has 0 atom stereocenters. The van der Waals surface area contributed by atoms with Gasteiger partial charge >= 0.3 is 0 Å². The zero-order chi connectivity index (χ0) is 26.5. The fourth-order valence-electron chi connectivity index (χ4n) is 3.20. The number of non-ortho nitro benzene ring substituents is 1. The molecular weight excluding hydrogens is 508 g/mol. The molecule has 0 aromatic heterocycles. The highest BCUT2D eigenvalue weighted by Crippen LogP contribution is 2.34. The van der Waals surface area contributed by atoms with Crippen LogP contribution in [0.15, 0.2) is 76.7 Å². The van der Waals surface area contributed by atoms with Crippen LogP contribution in [-0.4, -0.2) is 38.6 Å². The number of benzene rings is 3. The molecule has 3 aromatic carbocycles. The van der Waals surface area contributed by atoms with Crippen LogP contribution in [0.3, 0.4) is 0 Å². The Hall–Kier alpha value is -3.96. The molecule has 12 heteroatoms. The highest BCUT2D eigenvalue weighted by Gasteiger charge is 2.29. The van der Waals surface area contributed by atoms with Gasteiger partial charge in [-0.15, -0.1) is 0 Å². The number of nitrogens with one attached hydrogen (secondary N) is 1. The Morgan fingerprint density at radius 2 is 1.75 bits per heavy atom. The van der Waals surface area contributed by atoms with E-state index in [0.717, 1.165) is 9.87 Å². The van der Waals surface area contributed by atoms with E-state index in [1.807, 2.05) is 6.92 Å². The number of halogens is 1. The standard InChI is InChI=1S/C24H23ClN4O6S/c1-16-4-11-21(12-5-16)36(33,34)28(22-14-19(25)8-13-23(22)35-3)15-24(30)27-26-17(2)18-6-9-20(10-7-18)29(31)32/h4-14H,15H2,1-3H3,(H,27,30)/b26-17-. The molecule has 0 radical (unpaired) electrons. The molecule has 10 nitrogen and oxygen atoms in total. The van der Waals surface area contributed by atoms with Crippen molar-refractivity contribution in [3.63, 3.8) is 0 Å². The first-order valence-electron chi connectivity index (χ1n) is 10.5. The fourth-order valence-corrected chi connectivity index (χ4v) is 4.79. The lowest BCUT2D eigenvalue weighted by Gasteiger charge is -2.25. The van der Waals surface area contributed by atoms with Gasteiger partial charge < -0.3 is 4.74 Å². The van der Waals surface area contributed by atoms with Crippen LogP contribution in [0.25, 0.3) is 0 Å². The van der Waals surface area contributed by atoms with Crippen molar-refractivity contribution < 1.29 is 22.9 Å². The third-order valence-corrected chi connectivity index (χ3v) is 7.16. The topological polar surface area (TPSA) is 131 Å². The van der Waals surface area contributed by atoms with E-state index in [0.29, 0.717) is 11.3 Å². The smallest absolute Gasteiger partial charge is 0.269 e. The number of aryl methyl sites for hydroxylation is 1. The van der Waals surface area contributed by atoms with E-state index < -0.39 is 27.4 Å². The van der Waals surface area contributed by atoms with E-state index in [1.165, 1.54) is 55.6 Å². The van der Waals surface area contributed by atoms with Crippen LogP contribution < -0.4 is 14.5 Å². The van der Waals surface area contributed by atoms with Gasteiger partial charge in [0, 0.05) is 17.2 Å². The molecule has 1 N–H and O–H groups in total. The van der Waals surface area contributed by atoms with E-state index in [-0.39, 0.29) is 27.0 Å². The Morgan fingerprint density at radius 3 is 2.33 bits per heavy atom. The molecule has 188 valence electrons. The number of hydrazone groups is 1. The summed E-state index contributed by atoms with van der Waals surface area (Å²) in [7, 11) is -2.82. The molecule has 0 aliphatic carbocycles. The SMILES string of the molecule is COc1ccc(Cl)cc1N(CC(=O)N/N=C(/C)c1ccc([N+](=O)[O-])cc1)S(=O)(=O)c1ccc(C)cc1. The van der Waals surface area contributed by atoms with Gasteiger partial charge in [-0.2, -0.15) is 5.10 Å². The zero-order valence-corrected chi connectivity index (χ0v) is 21.2. The van der Waals surface area contributed by atoms with E-state index in [1.54, 1.807) is 25.1 Å². The second-order valence-corrected chi connectivity index (χ2v) is 9.98. The van der Waals surface area contributed by atoms with Gasteiger partial charge in [0.1, 0.15) is 12.3 Å². The van der Waals surface area contributed by atoms with Crippen molar-refractivity contribution in [2.75, 3.05) is 18.0 Å². The minimum absolute atomic E-state index is 0.0199. The summed E-state index contributed by atoms with van der Waals surface area (Å²) in [5.41, 5.74) is 4.12. The molecule has 0 unspecified atom stereocenters. The van der Waals surface area contributed by atoms with Gasteiger partial charge in [0.25, 0.3) is 21.6 Å². The molecule has 0 saturated carbocycles. The summed E-state index contributed by atoms with van der Waals surface area (Å²) >= 11 is 6.13. The molecule has 0 saturated heterocycles. The number of rotatable bonds is 9. The van der Waals surface area contributed by atoms with Crippen LogP contribution in [0.4, 0.5) is 11.4 Å². The van der Waals surface area contributed by atoms with Crippen LogP contribution in [0.5, 0.6) is 5.75 Å². The van der Waals surface area contributed by atoms with Crippen molar-refractivity contribution >= 4 is 44.6 Å². The van der Waals surface area contributed by atoms with E-state index in [2.05, 4.69) is 10.5 Å². The Bertz CT molecular complexity index is 1410. The first-order valence-corrected chi connectivity index (χ1v) is 12.4. The summed E-state index contributed by atoms with van der Waals surface area (Å²) < 4.78 is 33.3. The molecule has 0 spiro atoms. The average Bonchev–Trinajstić information content (AvgIpc) is 2.86. The zero-order valence-electron chi connectivity index (χ0n) is 19.6. The molecule has 36 heavy (non-hydrogen) atoms. The number of sulfonamides is 1. The fraction of sp³-hybridized carbons (Fsp3) is 0.167. The molecule has 0 fully saturated rings. The number of anilines is 1. The van der Waals surface area contributed by atoms with Gasteiger partial charge in [0.15, 0.2) is 0 Å². The second kappa shape index (κ2) is 11.2. The summed E-state index contributed by atoms with van der Waals surface area (Å²) in [5.74, 6) is -0.526. The highest BCUT2D eigenvalue weighted by molar-refractivity contribution is 7.92. The number of amides is 1. The van der Waals surface area contributed by atoms with E-state index in [9.17, 15) is 23.3 Å². The maximum absolute atomic E-state index is 13.6. The molecule has 0 heterocycles. The molecule has 1 amide bonds. The molecule has 0 aliphatic rings. The van der Waals surface area contributed by atoms with Gasteiger partial charge in [0.2, 0.25) is 0 Å². The summed E-state index contributed by atoms with van der Waals surface area (Å²) in [6.07, 6.45) is 0. The Labute approximate surface area is 213 Å². The number of methoxy groups -OCH3 is 1. The minimum atomic E-state index is -4.20. The molecule has 3 rings (SSSR count). The number of nitrogens with zero attached hydrogens (tertiary/aromatic N) is 3. The number of carbonyl (C=O) groups excluding carboxylic acids is 1. The maximum atomic E-state index is 13.6. The summed E-state index contributed by atoms with van der Waals surface area (Å²) in [5, 5.41) is 15.1. The highest BCUT2D eigenvalue weighted by atomic mass is 35.5. The first-order chi connectivity index (χ1) is 17.0. The molecular formula is C24H23ClN4O6S. The molecule has 0 bridgehead atoms. The van der Waals surface area contributed by atoms with Crippen molar-refractivity contribution in [3.8, 4) is 5.75 Å². The van der Waals surface area contributed by atoms with Crippen molar-refractivity contribution in [3.05, 3.63) is 93.0 Å². The molecule has 3 aromatic rings. The summed E-state index contributed by atoms with van der Waals surface area (Å²) in [4.78, 5) is 23.1. The van der Waals surface area contributed by atoms with Crippen molar-refractivity contribution in [1.82, 2.24) is 5.43 Å². The minimum Gasteiger partial charge on any atom is -0.495 e. The Morgan fingerprint density at radius 1 is 1.11 bits per heavy atom. The second-order valence-electron chi connectivity index (χ2n) is 7.68. The Balaban J connectivity index is 1.92. The number of carbonyl (C=O) groups is 1. The van der Waals surface area contributed by atoms with E-state index >= 15 is 0 Å². The number of nitro benzene ring substituents is 1. The lowest BCUT2D eigenvalue weighted by atomic mass is 10.1. The third kappa shape index (κ3) is 6.18. The summed E-state index contributed by atoms with van der Waals surface area (Å²) in [6.45, 7) is 2.80. The number of ether oxygens (including phenoxy) is 1. The van der Waals surface area contributed by atoms with Gasteiger partial charge in [-0.1, -0.05) is 29.3 Å². The van der Waals surface area contributed by atoms with Gasteiger partial charge in [-0.25, -0.2) is 13.8 Å². The average molecular weight is 531 g/mol.